The Kier molecular flexibility index (Phi) is 4.29. The number of rotatable bonds is 3. The molecule has 1 saturated carbocycles. The molecule has 2 amide bonds. The van der Waals surface area contributed by atoms with Crippen LogP contribution in [0.3, 0.4) is 0 Å². The third-order valence-electron chi connectivity index (χ3n) is 7.30. The van der Waals surface area contributed by atoms with Crippen molar-refractivity contribution >= 4 is 11.8 Å². The van der Waals surface area contributed by atoms with Gasteiger partial charge in [-0.2, -0.15) is 0 Å². The van der Waals surface area contributed by atoms with Gasteiger partial charge in [-0.1, -0.05) is 12.2 Å². The highest BCUT2D eigenvalue weighted by molar-refractivity contribution is 6.00. The summed E-state index contributed by atoms with van der Waals surface area (Å²) in [6.07, 6.45) is 5.35. The minimum atomic E-state index is -1.19. The van der Waals surface area contributed by atoms with Crippen LogP contribution in [0.2, 0.25) is 0 Å². The molecule has 0 bridgehead atoms. The number of nitrogens with zero attached hydrogens (tertiary/aromatic N) is 2. The highest BCUT2D eigenvalue weighted by Gasteiger charge is 2.77. The van der Waals surface area contributed by atoms with Crippen molar-refractivity contribution in [2.75, 3.05) is 13.2 Å². The molecule has 1 spiro atoms. The summed E-state index contributed by atoms with van der Waals surface area (Å²) in [5, 5.41) is 12.9. The van der Waals surface area contributed by atoms with Crippen molar-refractivity contribution in [1.82, 2.24) is 14.8 Å². The Balaban J connectivity index is 1.38. The summed E-state index contributed by atoms with van der Waals surface area (Å²) in [4.78, 5) is 40.5. The number of carbonyl (C=O) groups is 2. The van der Waals surface area contributed by atoms with E-state index in [2.05, 4.69) is 5.32 Å². The molecule has 1 saturated heterocycles. The molecule has 3 unspecified atom stereocenters. The Labute approximate surface area is 190 Å². The van der Waals surface area contributed by atoms with Crippen LogP contribution in [-0.4, -0.2) is 51.2 Å². The van der Waals surface area contributed by atoms with Crippen molar-refractivity contribution in [1.29, 1.82) is 0 Å². The van der Waals surface area contributed by atoms with Crippen LogP contribution in [0.25, 0.3) is 0 Å². The van der Waals surface area contributed by atoms with Gasteiger partial charge in [0.25, 0.3) is 11.8 Å². The van der Waals surface area contributed by atoms with Crippen molar-refractivity contribution in [2.45, 2.75) is 30.7 Å². The second-order valence-electron chi connectivity index (χ2n) is 8.86. The average Bonchev–Trinajstić information content (AvgIpc) is 3.48. The smallest absolute Gasteiger partial charge is 0.275 e. The molecule has 4 aliphatic rings. The molecule has 3 aliphatic heterocycles. The maximum absolute atomic E-state index is 13.9. The molecule has 176 valence electrons. The maximum atomic E-state index is 13.9. The molecule has 2 N–H and O–H groups in total. The number of ether oxygens (including phenoxy) is 1. The molecule has 6 rings (SSSR count). The van der Waals surface area contributed by atoms with Gasteiger partial charge in [0, 0.05) is 49.5 Å². The number of nitrogens with one attached hydrogen (secondary N) is 1. The summed E-state index contributed by atoms with van der Waals surface area (Å²) in [6.45, 7) is 0.0678. The second-order valence-corrected chi connectivity index (χ2v) is 8.86. The number of aromatic hydroxyl groups is 1. The summed E-state index contributed by atoms with van der Waals surface area (Å²) >= 11 is 0. The van der Waals surface area contributed by atoms with Gasteiger partial charge in [0.15, 0.2) is 11.4 Å². The van der Waals surface area contributed by atoms with Gasteiger partial charge in [-0.25, -0.2) is 13.2 Å². The number of fused-ring (bicyclic) bond motifs is 3. The number of hydrogen-bond donors (Lipinski definition) is 2. The zero-order chi connectivity index (χ0) is 23.9. The van der Waals surface area contributed by atoms with E-state index in [1.54, 1.807) is 4.90 Å². The zero-order valence-electron chi connectivity index (χ0n) is 17.6. The third kappa shape index (κ3) is 2.55. The standard InChI is InChI=1S/C23H18F3N3O5/c24-10-6-14(25)11(15(26)7-10)8-27-21(32)12-9-28-16-3-5-34-20-13-2-1-4-29(23(13,16)20)22(33)17(28)19(31)18(12)30/h1-2,6-7,9,13,16,20,31H,3-5,8H2,(H,27,32)/t13?,16?,20?,23-/m0/s1. The van der Waals surface area contributed by atoms with Crippen LogP contribution in [0.1, 0.15) is 38.9 Å². The lowest BCUT2D eigenvalue weighted by molar-refractivity contribution is -0.0184. The van der Waals surface area contributed by atoms with Crippen molar-refractivity contribution < 1.29 is 32.6 Å². The topological polar surface area (TPSA) is 101 Å². The molecular weight excluding hydrogens is 455 g/mol. The molecule has 4 atom stereocenters. The van der Waals surface area contributed by atoms with Crippen molar-refractivity contribution in [3.05, 3.63) is 75.0 Å². The summed E-state index contributed by atoms with van der Waals surface area (Å²) in [5.41, 5.74) is -2.98. The van der Waals surface area contributed by atoms with Crippen LogP contribution < -0.4 is 10.7 Å². The first kappa shape index (κ1) is 21.0. The fourth-order valence-corrected chi connectivity index (χ4v) is 5.81. The highest BCUT2D eigenvalue weighted by atomic mass is 19.1. The Bertz CT molecular complexity index is 1350. The van der Waals surface area contributed by atoms with Gasteiger partial charge >= 0.3 is 0 Å². The van der Waals surface area contributed by atoms with Crippen LogP contribution in [0, 0.1) is 23.4 Å². The molecule has 4 heterocycles. The van der Waals surface area contributed by atoms with E-state index >= 15 is 0 Å². The largest absolute Gasteiger partial charge is 0.503 e. The molecule has 1 aliphatic carbocycles. The molecule has 34 heavy (non-hydrogen) atoms. The first-order chi connectivity index (χ1) is 16.3. The first-order valence-corrected chi connectivity index (χ1v) is 10.8. The SMILES string of the molecule is O=C(NCc1c(F)cc(F)cc1F)c1cn2c(c(O)c1=O)C(=O)N1CC=CC3C4OCCC2[C@@]341. The Morgan fingerprint density at radius 3 is 2.71 bits per heavy atom. The quantitative estimate of drug-likeness (QED) is 0.660. The van der Waals surface area contributed by atoms with Crippen LogP contribution in [-0.2, 0) is 11.3 Å². The third-order valence-corrected chi connectivity index (χ3v) is 7.30. The molecule has 1 aromatic carbocycles. The number of halogens is 3. The van der Waals surface area contributed by atoms with Gasteiger partial charge in [0.2, 0.25) is 5.43 Å². The lowest BCUT2D eigenvalue weighted by Gasteiger charge is -2.47. The number of pyridine rings is 1. The normalized spacial score (nSPS) is 28.1. The van der Waals surface area contributed by atoms with E-state index in [-0.39, 0.29) is 23.8 Å². The van der Waals surface area contributed by atoms with Gasteiger partial charge in [0.1, 0.15) is 23.0 Å². The van der Waals surface area contributed by atoms with Gasteiger partial charge in [-0.3, -0.25) is 14.4 Å². The van der Waals surface area contributed by atoms with E-state index in [1.807, 2.05) is 12.2 Å². The van der Waals surface area contributed by atoms with E-state index in [0.717, 1.165) is 0 Å². The number of amides is 2. The van der Waals surface area contributed by atoms with Crippen LogP contribution >= 0.6 is 0 Å². The van der Waals surface area contributed by atoms with Crippen LogP contribution in [0.4, 0.5) is 13.2 Å². The van der Waals surface area contributed by atoms with Crippen LogP contribution in [0.5, 0.6) is 5.75 Å². The fourth-order valence-electron chi connectivity index (χ4n) is 5.81. The van der Waals surface area contributed by atoms with E-state index in [9.17, 15) is 32.7 Å². The molecule has 2 aromatic rings. The van der Waals surface area contributed by atoms with Gasteiger partial charge in [-0.15, -0.1) is 0 Å². The Hall–Kier alpha value is -3.60. The average molecular weight is 473 g/mol. The van der Waals surface area contributed by atoms with E-state index in [1.165, 1.54) is 10.8 Å². The fraction of sp³-hybridized carbons (Fsp3) is 0.348. The first-order valence-electron chi connectivity index (χ1n) is 10.8. The lowest BCUT2D eigenvalue weighted by atomic mass is 9.90. The van der Waals surface area contributed by atoms with Gasteiger partial charge in [0.05, 0.1) is 17.7 Å². The molecule has 11 heteroatoms. The van der Waals surface area contributed by atoms with E-state index < -0.39 is 63.7 Å². The Morgan fingerprint density at radius 2 is 1.97 bits per heavy atom. The summed E-state index contributed by atoms with van der Waals surface area (Å²) in [5.74, 6) is -5.90. The Morgan fingerprint density at radius 1 is 1.24 bits per heavy atom. The summed E-state index contributed by atoms with van der Waals surface area (Å²) < 4.78 is 48.3. The predicted molar refractivity (Wildman–Crippen MR) is 110 cm³/mol. The molecule has 8 nitrogen and oxygen atoms in total. The lowest BCUT2D eigenvalue weighted by Crippen LogP contribution is -2.58. The van der Waals surface area contributed by atoms with Crippen LogP contribution in [0.15, 0.2) is 35.3 Å². The van der Waals surface area contributed by atoms with Crippen molar-refractivity contribution in [3.63, 3.8) is 0 Å². The molecular formula is C23H18F3N3O5. The van der Waals surface area contributed by atoms with Gasteiger partial charge in [-0.05, 0) is 6.42 Å². The second kappa shape index (κ2) is 6.95. The summed E-state index contributed by atoms with van der Waals surface area (Å²) in [7, 11) is 0. The number of benzene rings is 1. The minimum absolute atomic E-state index is 0.0332. The zero-order valence-corrected chi connectivity index (χ0v) is 17.6. The summed E-state index contributed by atoms with van der Waals surface area (Å²) in [6, 6.07) is 0.624. The number of aromatic nitrogens is 1. The molecule has 2 fully saturated rings. The molecule has 1 aromatic heterocycles. The maximum Gasteiger partial charge on any atom is 0.275 e. The van der Waals surface area contributed by atoms with E-state index in [0.29, 0.717) is 31.7 Å². The minimum Gasteiger partial charge on any atom is -0.503 e. The van der Waals surface area contributed by atoms with Gasteiger partial charge < -0.3 is 24.6 Å². The number of carbonyl (C=O) groups excluding carboxylic acids is 2. The van der Waals surface area contributed by atoms with E-state index in [4.69, 9.17) is 4.74 Å². The molecule has 0 radical (unpaired) electrons. The number of hydrogen-bond acceptors (Lipinski definition) is 5. The highest BCUT2D eigenvalue weighted by Crippen LogP contribution is 2.64. The predicted octanol–water partition coefficient (Wildman–Crippen LogP) is 1.63. The van der Waals surface area contributed by atoms with Crippen molar-refractivity contribution in [2.24, 2.45) is 5.92 Å². The van der Waals surface area contributed by atoms with Crippen molar-refractivity contribution in [3.8, 4) is 5.75 Å². The monoisotopic (exact) mass is 473 g/mol.